The molecular formula is C20H20FN3O4. The lowest BCUT2D eigenvalue weighted by Gasteiger charge is -2.15. The standard InChI is InChI=1S/C20H20FN3O4/c1-2-3-8-28-20(27)15-10-22-23(13-15)11-14(9-21)12-24-18(25)16-6-4-5-7-17(16)19(24)26/h4-7,9-10,13H,2-3,8,11-12H2,1H3/b14-9-. The number of rotatable bonds is 8. The van der Waals surface area contributed by atoms with Crippen LogP contribution >= 0.6 is 0 Å². The van der Waals surface area contributed by atoms with Gasteiger partial charge in [0.05, 0.1) is 48.9 Å². The van der Waals surface area contributed by atoms with Crippen LogP contribution in [0, 0.1) is 0 Å². The molecule has 0 saturated carbocycles. The van der Waals surface area contributed by atoms with Gasteiger partial charge in [-0.25, -0.2) is 9.18 Å². The molecular weight excluding hydrogens is 365 g/mol. The van der Waals surface area contributed by atoms with Gasteiger partial charge >= 0.3 is 5.97 Å². The van der Waals surface area contributed by atoms with Crippen molar-refractivity contribution in [2.75, 3.05) is 13.2 Å². The van der Waals surface area contributed by atoms with E-state index in [9.17, 15) is 18.8 Å². The fraction of sp³-hybridized carbons (Fsp3) is 0.300. The second-order valence-corrected chi connectivity index (χ2v) is 6.43. The van der Waals surface area contributed by atoms with E-state index in [1.807, 2.05) is 6.92 Å². The van der Waals surface area contributed by atoms with Gasteiger partial charge in [0, 0.05) is 6.20 Å². The number of ether oxygens (including phenoxy) is 1. The Bertz CT molecular complexity index is 900. The molecule has 2 heterocycles. The van der Waals surface area contributed by atoms with E-state index in [1.54, 1.807) is 24.3 Å². The second-order valence-electron chi connectivity index (χ2n) is 6.43. The van der Waals surface area contributed by atoms with Gasteiger partial charge in [0.1, 0.15) is 0 Å². The van der Waals surface area contributed by atoms with Crippen LogP contribution in [0.1, 0.15) is 50.8 Å². The maximum Gasteiger partial charge on any atom is 0.341 e. The summed E-state index contributed by atoms with van der Waals surface area (Å²) < 4.78 is 19.9. The lowest BCUT2D eigenvalue weighted by Crippen LogP contribution is -2.32. The van der Waals surface area contributed by atoms with Gasteiger partial charge in [-0.1, -0.05) is 25.5 Å². The quantitative estimate of drug-likeness (QED) is 0.396. The van der Waals surface area contributed by atoms with Crippen molar-refractivity contribution in [3.8, 4) is 0 Å². The number of amides is 2. The Morgan fingerprint density at radius 2 is 1.86 bits per heavy atom. The van der Waals surface area contributed by atoms with E-state index in [4.69, 9.17) is 4.74 Å². The number of halogens is 1. The molecule has 0 atom stereocenters. The number of imide groups is 1. The number of carbonyl (C=O) groups excluding carboxylic acids is 3. The van der Waals surface area contributed by atoms with Crippen LogP contribution in [0.15, 0.2) is 48.6 Å². The van der Waals surface area contributed by atoms with Crippen LogP contribution in [0.3, 0.4) is 0 Å². The third kappa shape index (κ3) is 4.00. The van der Waals surface area contributed by atoms with Crippen molar-refractivity contribution in [1.82, 2.24) is 14.7 Å². The molecule has 0 saturated heterocycles. The van der Waals surface area contributed by atoms with E-state index in [-0.39, 0.29) is 24.2 Å². The Balaban J connectivity index is 1.64. The van der Waals surface area contributed by atoms with Crippen LogP contribution in [-0.2, 0) is 11.3 Å². The Morgan fingerprint density at radius 3 is 2.46 bits per heavy atom. The minimum Gasteiger partial charge on any atom is -0.462 e. The van der Waals surface area contributed by atoms with Crippen LogP contribution in [0.4, 0.5) is 4.39 Å². The van der Waals surface area contributed by atoms with Gasteiger partial charge in [0.25, 0.3) is 11.8 Å². The predicted molar refractivity (Wildman–Crippen MR) is 98.4 cm³/mol. The second kappa shape index (κ2) is 8.60. The van der Waals surface area contributed by atoms with Crippen molar-refractivity contribution in [3.05, 3.63) is 65.3 Å². The summed E-state index contributed by atoms with van der Waals surface area (Å²) >= 11 is 0. The molecule has 28 heavy (non-hydrogen) atoms. The lowest BCUT2D eigenvalue weighted by molar-refractivity contribution is 0.0499. The average Bonchev–Trinajstić information content (AvgIpc) is 3.27. The molecule has 3 rings (SSSR count). The average molecular weight is 385 g/mol. The molecule has 2 amide bonds. The highest BCUT2D eigenvalue weighted by molar-refractivity contribution is 6.21. The number of hydrogen-bond donors (Lipinski definition) is 0. The minimum atomic E-state index is -0.495. The number of aromatic nitrogens is 2. The molecule has 0 N–H and O–H groups in total. The van der Waals surface area contributed by atoms with Crippen LogP contribution in [-0.4, -0.2) is 45.6 Å². The largest absolute Gasteiger partial charge is 0.462 e. The fourth-order valence-corrected chi connectivity index (χ4v) is 2.86. The predicted octanol–water partition coefficient (Wildman–Crippen LogP) is 2.99. The highest BCUT2D eigenvalue weighted by Gasteiger charge is 2.35. The summed E-state index contributed by atoms with van der Waals surface area (Å²) in [5.41, 5.74) is 1.04. The zero-order valence-corrected chi connectivity index (χ0v) is 15.4. The normalized spacial score (nSPS) is 13.8. The molecule has 0 spiro atoms. The van der Waals surface area contributed by atoms with E-state index in [2.05, 4.69) is 5.10 Å². The van der Waals surface area contributed by atoms with Crippen molar-refractivity contribution >= 4 is 17.8 Å². The fourth-order valence-electron chi connectivity index (χ4n) is 2.86. The third-order valence-corrected chi connectivity index (χ3v) is 4.36. The number of benzene rings is 1. The lowest BCUT2D eigenvalue weighted by atomic mass is 10.1. The highest BCUT2D eigenvalue weighted by atomic mass is 19.1. The molecule has 0 bridgehead atoms. The number of esters is 1. The first-order valence-electron chi connectivity index (χ1n) is 8.98. The minimum absolute atomic E-state index is 0.00779. The monoisotopic (exact) mass is 385 g/mol. The first kappa shape index (κ1) is 19.5. The van der Waals surface area contributed by atoms with E-state index in [0.717, 1.165) is 17.7 Å². The van der Waals surface area contributed by atoms with Gasteiger partial charge in [-0.3, -0.25) is 19.2 Å². The topological polar surface area (TPSA) is 81.5 Å². The van der Waals surface area contributed by atoms with E-state index >= 15 is 0 Å². The molecule has 0 fully saturated rings. The van der Waals surface area contributed by atoms with Crippen LogP contribution in [0.25, 0.3) is 0 Å². The Morgan fingerprint density at radius 1 is 1.18 bits per heavy atom. The van der Waals surface area contributed by atoms with Gasteiger partial charge in [0.2, 0.25) is 0 Å². The molecule has 0 radical (unpaired) electrons. The molecule has 146 valence electrons. The van der Waals surface area contributed by atoms with E-state index in [0.29, 0.717) is 24.1 Å². The summed E-state index contributed by atoms with van der Waals surface area (Å²) in [5, 5.41) is 4.03. The molecule has 1 aliphatic rings. The summed E-state index contributed by atoms with van der Waals surface area (Å²) in [6.45, 7) is 2.12. The van der Waals surface area contributed by atoms with Crippen molar-refractivity contribution in [2.45, 2.75) is 26.3 Å². The van der Waals surface area contributed by atoms with E-state index < -0.39 is 17.8 Å². The number of unbranched alkanes of at least 4 members (excludes halogenated alkanes) is 1. The molecule has 1 aromatic carbocycles. The number of fused-ring (bicyclic) bond motifs is 1. The molecule has 7 nitrogen and oxygen atoms in total. The van der Waals surface area contributed by atoms with Crippen molar-refractivity contribution < 1.29 is 23.5 Å². The number of hydrogen-bond acceptors (Lipinski definition) is 5. The van der Waals surface area contributed by atoms with E-state index in [1.165, 1.54) is 17.1 Å². The summed E-state index contributed by atoms with van der Waals surface area (Å²) in [5.74, 6) is -1.41. The molecule has 0 aliphatic carbocycles. The number of carbonyl (C=O) groups is 3. The van der Waals surface area contributed by atoms with Gasteiger partial charge in [0.15, 0.2) is 0 Å². The Labute approximate surface area is 161 Å². The smallest absolute Gasteiger partial charge is 0.341 e. The Hall–Kier alpha value is -3.29. The summed E-state index contributed by atoms with van der Waals surface area (Å²) in [7, 11) is 0. The van der Waals surface area contributed by atoms with Gasteiger partial charge in [-0.05, 0) is 24.1 Å². The zero-order valence-electron chi connectivity index (χ0n) is 15.4. The first-order valence-corrected chi connectivity index (χ1v) is 8.98. The van der Waals surface area contributed by atoms with Gasteiger partial charge < -0.3 is 4.74 Å². The van der Waals surface area contributed by atoms with Crippen LogP contribution in [0.5, 0.6) is 0 Å². The van der Waals surface area contributed by atoms with Gasteiger partial charge in [-0.15, -0.1) is 0 Å². The summed E-state index contributed by atoms with van der Waals surface area (Å²) in [6, 6.07) is 6.48. The SMILES string of the molecule is CCCCOC(=O)c1cnn(C/C(=C/F)CN2C(=O)c3ccccc3C2=O)c1. The molecule has 1 aromatic heterocycles. The van der Waals surface area contributed by atoms with Crippen molar-refractivity contribution in [2.24, 2.45) is 0 Å². The molecule has 1 aliphatic heterocycles. The summed E-state index contributed by atoms with van der Waals surface area (Å²) in [6.07, 6.45) is 4.82. The van der Waals surface area contributed by atoms with Crippen LogP contribution in [0.2, 0.25) is 0 Å². The van der Waals surface area contributed by atoms with Gasteiger partial charge in [-0.2, -0.15) is 5.10 Å². The van der Waals surface area contributed by atoms with Crippen molar-refractivity contribution in [1.29, 1.82) is 0 Å². The molecule has 0 unspecified atom stereocenters. The Kier molecular flexibility index (Phi) is 5.98. The molecule has 8 heteroatoms. The summed E-state index contributed by atoms with van der Waals surface area (Å²) in [4.78, 5) is 37.7. The highest BCUT2D eigenvalue weighted by Crippen LogP contribution is 2.23. The zero-order chi connectivity index (χ0) is 20.1. The van der Waals surface area contributed by atoms with Crippen LogP contribution < -0.4 is 0 Å². The third-order valence-electron chi connectivity index (χ3n) is 4.36. The van der Waals surface area contributed by atoms with Crippen molar-refractivity contribution in [3.63, 3.8) is 0 Å². The molecule has 2 aromatic rings. The maximum absolute atomic E-state index is 13.4. The maximum atomic E-state index is 13.4. The first-order chi connectivity index (χ1) is 13.5. The number of nitrogens with zero attached hydrogens (tertiary/aromatic N) is 3.